The van der Waals surface area contributed by atoms with Crippen LogP contribution >= 0.6 is 11.6 Å². The van der Waals surface area contributed by atoms with Gasteiger partial charge in [0.15, 0.2) is 5.60 Å². The molecule has 0 radical (unpaired) electrons. The van der Waals surface area contributed by atoms with Gasteiger partial charge < -0.3 is 29.6 Å². The molecule has 1 aliphatic heterocycles. The van der Waals surface area contributed by atoms with Crippen LogP contribution in [0.5, 0.6) is 0 Å². The van der Waals surface area contributed by atoms with Gasteiger partial charge in [-0.15, -0.1) is 0 Å². The summed E-state index contributed by atoms with van der Waals surface area (Å²) in [6.07, 6.45) is 2.43. The predicted molar refractivity (Wildman–Crippen MR) is 145 cm³/mol. The van der Waals surface area contributed by atoms with Crippen LogP contribution in [0.15, 0.2) is 28.9 Å². The van der Waals surface area contributed by atoms with Crippen molar-refractivity contribution in [3.05, 3.63) is 46.8 Å². The number of nitrogens with zero attached hydrogens (tertiary/aromatic N) is 4. The Morgan fingerprint density at radius 1 is 1.10 bits per heavy atom. The minimum Gasteiger partial charge on any atom is -0.481 e. The average molecular weight is 596 g/mol. The van der Waals surface area contributed by atoms with E-state index in [1.54, 1.807) is 6.20 Å². The van der Waals surface area contributed by atoms with E-state index in [1.807, 2.05) is 19.2 Å². The normalized spacial score (nSPS) is 14.1. The monoisotopic (exact) mass is 595 g/mol. The van der Waals surface area contributed by atoms with Gasteiger partial charge >= 0.3 is 17.9 Å². The van der Waals surface area contributed by atoms with Crippen LogP contribution in [0.1, 0.15) is 36.3 Å². The van der Waals surface area contributed by atoms with Crippen molar-refractivity contribution in [3.8, 4) is 0 Å². The smallest absolute Gasteiger partial charge is 0.336 e. The Balaban J connectivity index is 0.000000302. The van der Waals surface area contributed by atoms with Crippen LogP contribution in [-0.2, 0) is 32.2 Å². The number of furan rings is 1. The molecular formula is C26H34ClN5O9. The number of aliphatic hydroxyl groups is 1. The molecule has 0 aromatic carbocycles. The molecule has 4 heterocycles. The van der Waals surface area contributed by atoms with Gasteiger partial charge in [0.2, 0.25) is 0 Å². The van der Waals surface area contributed by atoms with Crippen molar-refractivity contribution in [3.63, 3.8) is 0 Å². The summed E-state index contributed by atoms with van der Waals surface area (Å²) in [5.41, 5.74) is -0.790. The van der Waals surface area contributed by atoms with E-state index < -0.39 is 36.4 Å². The number of aliphatic carboxylic acids is 3. The third kappa shape index (κ3) is 9.79. The summed E-state index contributed by atoms with van der Waals surface area (Å²) < 4.78 is 11.3. The summed E-state index contributed by atoms with van der Waals surface area (Å²) >= 11 is 6.18. The number of nitrogens with one attached hydrogen (secondary N) is 1. The number of aromatic amines is 1. The molecule has 0 atom stereocenters. The van der Waals surface area contributed by atoms with Gasteiger partial charge in [-0.2, -0.15) is 5.10 Å². The molecule has 1 saturated heterocycles. The molecule has 1 fully saturated rings. The Hall–Kier alpha value is -3.56. The van der Waals surface area contributed by atoms with Gasteiger partial charge in [0.1, 0.15) is 22.2 Å². The molecular weight excluding hydrogens is 562 g/mol. The zero-order valence-corrected chi connectivity index (χ0v) is 23.3. The van der Waals surface area contributed by atoms with Gasteiger partial charge in [-0.1, -0.05) is 11.6 Å². The summed E-state index contributed by atoms with van der Waals surface area (Å²) in [7, 11) is 0. The van der Waals surface area contributed by atoms with Crippen molar-refractivity contribution in [1.82, 2.24) is 25.0 Å². The van der Waals surface area contributed by atoms with E-state index in [0.717, 1.165) is 86.9 Å². The minimum atomic E-state index is -2.74. The molecule has 0 saturated carbocycles. The van der Waals surface area contributed by atoms with Crippen molar-refractivity contribution >= 4 is 40.4 Å². The summed E-state index contributed by atoms with van der Waals surface area (Å²) in [5.74, 6) is -3.11. The maximum atomic E-state index is 10.3. The molecule has 0 unspecified atom stereocenters. The summed E-state index contributed by atoms with van der Waals surface area (Å²) in [5, 5.41) is 42.4. The number of aromatic nitrogens is 3. The average Bonchev–Trinajstić information content (AvgIpc) is 3.49. The van der Waals surface area contributed by atoms with Crippen LogP contribution in [0.2, 0.25) is 5.15 Å². The Bertz CT molecular complexity index is 1310. The second kappa shape index (κ2) is 14.9. The van der Waals surface area contributed by atoms with Crippen molar-refractivity contribution in [2.24, 2.45) is 0 Å². The first-order valence-electron chi connectivity index (χ1n) is 12.9. The quantitative estimate of drug-likeness (QED) is 0.192. The number of hydrogen-bond acceptors (Lipinski definition) is 10. The number of rotatable bonds is 13. The molecule has 3 aromatic rings. The number of carbonyl (C=O) groups is 3. The molecule has 3 aromatic heterocycles. The van der Waals surface area contributed by atoms with Gasteiger partial charge in [0.05, 0.1) is 38.0 Å². The van der Waals surface area contributed by atoms with E-state index in [0.29, 0.717) is 5.15 Å². The van der Waals surface area contributed by atoms with E-state index in [9.17, 15) is 14.4 Å². The summed E-state index contributed by atoms with van der Waals surface area (Å²) in [4.78, 5) is 39.7. The van der Waals surface area contributed by atoms with E-state index in [-0.39, 0.29) is 0 Å². The van der Waals surface area contributed by atoms with Gasteiger partial charge in [-0.05, 0) is 32.0 Å². The van der Waals surface area contributed by atoms with E-state index in [2.05, 4.69) is 31.0 Å². The highest BCUT2D eigenvalue weighted by Crippen LogP contribution is 2.24. The highest BCUT2D eigenvalue weighted by molar-refractivity contribution is 6.34. The van der Waals surface area contributed by atoms with Gasteiger partial charge in [0, 0.05) is 44.1 Å². The van der Waals surface area contributed by atoms with E-state index in [1.165, 1.54) is 0 Å². The van der Waals surface area contributed by atoms with Crippen LogP contribution in [-0.4, -0.2) is 108 Å². The summed E-state index contributed by atoms with van der Waals surface area (Å²) in [6, 6.07) is 4.06. The first kappa shape index (κ1) is 32.0. The maximum absolute atomic E-state index is 10.3. The van der Waals surface area contributed by atoms with Crippen LogP contribution in [0.25, 0.3) is 10.9 Å². The summed E-state index contributed by atoms with van der Waals surface area (Å²) in [6.45, 7) is 9.23. The molecule has 0 amide bonds. The topological polar surface area (TPSA) is 203 Å². The Labute approximate surface area is 240 Å². The highest BCUT2D eigenvalue weighted by atomic mass is 35.5. The first-order chi connectivity index (χ1) is 19.5. The molecule has 0 bridgehead atoms. The second-order valence-electron chi connectivity index (χ2n) is 9.74. The van der Waals surface area contributed by atoms with Gasteiger partial charge in [-0.3, -0.25) is 29.5 Å². The Morgan fingerprint density at radius 3 is 2.37 bits per heavy atom. The van der Waals surface area contributed by atoms with E-state index >= 15 is 0 Å². The minimum absolute atomic E-state index is 0.532. The molecule has 5 N–H and O–H groups in total. The lowest BCUT2D eigenvalue weighted by atomic mass is 9.96. The standard InChI is InChI=1S/C20H26ClN5O2.C6H8O7/c1-15-3-4-17(28-15)14-26(6-2-5-25-7-9-27-10-8-25)13-16-11-22-12-18-19(16)23-24-20(18)21;7-3(8)1-6(13,5(11)12)2-4(9)10/h3-4,11-12H,2,5-10,13-14H2,1H3,(H,23,24);13H,1-2H2,(H,7,8)(H,9,10)(H,11,12). The predicted octanol–water partition coefficient (Wildman–Crippen LogP) is 1.99. The van der Waals surface area contributed by atoms with Crippen molar-refractivity contribution in [2.75, 3.05) is 39.4 Å². The molecule has 14 nitrogen and oxygen atoms in total. The zero-order chi connectivity index (χ0) is 30.0. The third-order valence-corrected chi connectivity index (χ3v) is 6.69. The number of H-pyrrole nitrogens is 1. The van der Waals surface area contributed by atoms with Gasteiger partial charge in [0.25, 0.3) is 0 Å². The Morgan fingerprint density at radius 2 is 1.78 bits per heavy atom. The molecule has 0 spiro atoms. The number of carboxylic acids is 3. The number of hydrogen-bond donors (Lipinski definition) is 5. The lowest BCUT2D eigenvalue weighted by Gasteiger charge is -2.28. The fraction of sp³-hybridized carbons (Fsp3) is 0.500. The lowest BCUT2D eigenvalue weighted by molar-refractivity contribution is -0.170. The molecule has 1 aliphatic rings. The number of halogens is 1. The van der Waals surface area contributed by atoms with E-state index in [4.69, 9.17) is 41.2 Å². The maximum Gasteiger partial charge on any atom is 0.336 e. The fourth-order valence-electron chi connectivity index (χ4n) is 4.37. The second-order valence-corrected chi connectivity index (χ2v) is 10.1. The largest absolute Gasteiger partial charge is 0.481 e. The Kier molecular flexibility index (Phi) is 11.6. The number of morpholine rings is 1. The van der Waals surface area contributed by atoms with Crippen molar-refractivity contribution in [1.29, 1.82) is 0 Å². The number of carboxylic acid groups (broad SMARTS) is 3. The van der Waals surface area contributed by atoms with Crippen LogP contribution in [0.4, 0.5) is 0 Å². The first-order valence-corrected chi connectivity index (χ1v) is 13.3. The lowest BCUT2D eigenvalue weighted by Crippen LogP contribution is -2.42. The molecule has 224 valence electrons. The van der Waals surface area contributed by atoms with Crippen molar-refractivity contribution in [2.45, 2.75) is 44.9 Å². The van der Waals surface area contributed by atoms with Crippen molar-refractivity contribution < 1.29 is 44.0 Å². The van der Waals surface area contributed by atoms with Crippen LogP contribution in [0.3, 0.4) is 0 Å². The van der Waals surface area contributed by atoms with Gasteiger partial charge in [-0.25, -0.2) is 4.79 Å². The van der Waals surface area contributed by atoms with Crippen LogP contribution in [0, 0.1) is 6.92 Å². The van der Waals surface area contributed by atoms with Crippen LogP contribution < -0.4 is 0 Å². The third-order valence-electron chi connectivity index (χ3n) is 6.40. The molecule has 0 aliphatic carbocycles. The molecule has 15 heteroatoms. The SMILES string of the molecule is Cc1ccc(CN(CCCN2CCOCC2)Cc2cncc3c(Cl)[nH]nc23)o1.O=C(O)CC(O)(CC(=O)O)C(=O)O. The number of pyridine rings is 1. The number of ether oxygens (including phenoxy) is 1. The number of aryl methyl sites for hydroxylation is 1. The highest BCUT2D eigenvalue weighted by Gasteiger charge is 2.40. The number of fused-ring (bicyclic) bond motifs is 1. The fourth-order valence-corrected chi connectivity index (χ4v) is 4.55. The molecule has 41 heavy (non-hydrogen) atoms. The molecule has 4 rings (SSSR count). The zero-order valence-electron chi connectivity index (χ0n) is 22.6.